The summed E-state index contributed by atoms with van der Waals surface area (Å²) in [5.74, 6) is 1.43. The Hall–Kier alpha value is -1.03. The van der Waals surface area contributed by atoms with E-state index < -0.39 is 0 Å². The van der Waals surface area contributed by atoms with Crippen LogP contribution in [0.5, 0.6) is 11.5 Å². The van der Waals surface area contributed by atoms with Gasteiger partial charge in [0.2, 0.25) is 0 Å². The molecule has 1 aromatic carbocycles. The number of benzene rings is 1. The molecule has 1 aromatic rings. The molecule has 0 heterocycles. The molecule has 0 aliphatic heterocycles. The number of Topliss-reactive ketones (excluding diaryl/α,β-unsaturated/α-hetero) is 1. The molecule has 1 aliphatic rings. The van der Waals surface area contributed by atoms with Crippen molar-refractivity contribution in [3.8, 4) is 11.5 Å². The predicted octanol–water partition coefficient (Wildman–Crippen LogP) is 4.62. The highest BCUT2D eigenvalue weighted by atomic mass is 79.9. The SMILES string of the molecule is COc1cc(Br)c(C(=O)C2(C)CCCCC2)c(OC)c1. The van der Waals surface area contributed by atoms with Crippen LogP contribution in [0.25, 0.3) is 0 Å². The van der Waals surface area contributed by atoms with Gasteiger partial charge in [-0.05, 0) is 34.8 Å². The second kappa shape index (κ2) is 6.17. The van der Waals surface area contributed by atoms with Crippen molar-refractivity contribution in [2.24, 2.45) is 5.41 Å². The van der Waals surface area contributed by atoms with Crippen LogP contribution in [0.1, 0.15) is 49.4 Å². The number of methoxy groups -OCH3 is 2. The highest BCUT2D eigenvalue weighted by Crippen LogP contribution is 2.43. The smallest absolute Gasteiger partial charge is 0.173 e. The number of ketones is 1. The first-order valence-electron chi connectivity index (χ1n) is 6.98. The van der Waals surface area contributed by atoms with Gasteiger partial charge in [-0.3, -0.25) is 4.79 Å². The van der Waals surface area contributed by atoms with Crippen molar-refractivity contribution in [2.75, 3.05) is 14.2 Å². The molecule has 1 fully saturated rings. The summed E-state index contributed by atoms with van der Waals surface area (Å²) in [5, 5.41) is 0. The van der Waals surface area contributed by atoms with Crippen molar-refractivity contribution in [1.29, 1.82) is 0 Å². The van der Waals surface area contributed by atoms with Gasteiger partial charge in [0.15, 0.2) is 5.78 Å². The van der Waals surface area contributed by atoms with Crippen LogP contribution in [-0.2, 0) is 0 Å². The second-order valence-corrected chi connectivity index (χ2v) is 6.49. The van der Waals surface area contributed by atoms with Crippen LogP contribution in [0.4, 0.5) is 0 Å². The molecule has 0 bridgehead atoms. The first kappa shape index (κ1) is 15.4. The normalized spacial score (nSPS) is 17.6. The minimum atomic E-state index is -0.275. The fraction of sp³-hybridized carbons (Fsp3) is 0.562. The molecule has 2 rings (SSSR count). The minimum absolute atomic E-state index is 0.170. The van der Waals surface area contributed by atoms with E-state index in [4.69, 9.17) is 9.47 Å². The molecule has 1 aliphatic carbocycles. The molecule has 0 amide bonds. The largest absolute Gasteiger partial charge is 0.497 e. The van der Waals surface area contributed by atoms with Gasteiger partial charge in [-0.2, -0.15) is 0 Å². The third-order valence-electron chi connectivity index (χ3n) is 4.22. The summed E-state index contributed by atoms with van der Waals surface area (Å²) in [5.41, 5.74) is 0.362. The zero-order valence-electron chi connectivity index (χ0n) is 12.3. The molecular weight excluding hydrogens is 320 g/mol. The van der Waals surface area contributed by atoms with Gasteiger partial charge in [-0.25, -0.2) is 0 Å². The van der Waals surface area contributed by atoms with Crippen LogP contribution >= 0.6 is 15.9 Å². The van der Waals surface area contributed by atoms with Gasteiger partial charge < -0.3 is 9.47 Å². The number of carbonyl (C=O) groups excluding carboxylic acids is 1. The van der Waals surface area contributed by atoms with E-state index in [-0.39, 0.29) is 11.2 Å². The Morgan fingerprint density at radius 3 is 2.35 bits per heavy atom. The molecule has 0 N–H and O–H groups in total. The van der Waals surface area contributed by atoms with E-state index >= 15 is 0 Å². The van der Waals surface area contributed by atoms with Crippen LogP contribution in [-0.4, -0.2) is 20.0 Å². The lowest BCUT2D eigenvalue weighted by Crippen LogP contribution is -2.30. The fourth-order valence-electron chi connectivity index (χ4n) is 2.92. The molecule has 0 saturated heterocycles. The molecule has 0 unspecified atom stereocenters. The average molecular weight is 341 g/mol. The van der Waals surface area contributed by atoms with Gasteiger partial charge >= 0.3 is 0 Å². The fourth-order valence-corrected chi connectivity index (χ4v) is 3.52. The van der Waals surface area contributed by atoms with Gasteiger partial charge in [0.25, 0.3) is 0 Å². The van der Waals surface area contributed by atoms with Gasteiger partial charge in [-0.15, -0.1) is 0 Å². The van der Waals surface area contributed by atoms with E-state index in [1.807, 2.05) is 6.07 Å². The molecule has 0 aromatic heterocycles. The Morgan fingerprint density at radius 2 is 1.80 bits per heavy atom. The first-order valence-corrected chi connectivity index (χ1v) is 7.77. The highest BCUT2D eigenvalue weighted by molar-refractivity contribution is 9.10. The van der Waals surface area contributed by atoms with E-state index in [1.165, 1.54) is 6.42 Å². The zero-order chi connectivity index (χ0) is 14.8. The minimum Gasteiger partial charge on any atom is -0.497 e. The summed E-state index contributed by atoms with van der Waals surface area (Å²) in [6.07, 6.45) is 5.38. The maximum atomic E-state index is 13.0. The summed E-state index contributed by atoms with van der Waals surface area (Å²) in [7, 11) is 3.19. The van der Waals surface area contributed by atoms with Crippen molar-refractivity contribution in [3.05, 3.63) is 22.2 Å². The topological polar surface area (TPSA) is 35.5 Å². The summed E-state index contributed by atoms with van der Waals surface area (Å²) in [6.45, 7) is 2.07. The van der Waals surface area contributed by atoms with Crippen molar-refractivity contribution in [3.63, 3.8) is 0 Å². The van der Waals surface area contributed by atoms with Crippen LogP contribution in [0.3, 0.4) is 0 Å². The molecule has 0 spiro atoms. The Morgan fingerprint density at radius 1 is 1.15 bits per heavy atom. The number of hydrogen-bond donors (Lipinski definition) is 0. The maximum absolute atomic E-state index is 13.0. The molecule has 20 heavy (non-hydrogen) atoms. The number of rotatable bonds is 4. The van der Waals surface area contributed by atoms with Crippen molar-refractivity contribution in [2.45, 2.75) is 39.0 Å². The highest BCUT2D eigenvalue weighted by Gasteiger charge is 2.37. The van der Waals surface area contributed by atoms with Gasteiger partial charge in [0.05, 0.1) is 19.8 Å². The van der Waals surface area contributed by atoms with Crippen LogP contribution < -0.4 is 9.47 Å². The Balaban J connectivity index is 2.43. The van der Waals surface area contributed by atoms with E-state index in [0.29, 0.717) is 17.1 Å². The molecule has 0 radical (unpaired) electrons. The number of carbonyl (C=O) groups is 1. The molecule has 3 nitrogen and oxygen atoms in total. The molecule has 110 valence electrons. The van der Waals surface area contributed by atoms with Gasteiger partial charge in [-0.1, -0.05) is 26.2 Å². The monoisotopic (exact) mass is 340 g/mol. The second-order valence-electron chi connectivity index (χ2n) is 5.64. The number of ether oxygens (including phenoxy) is 2. The number of hydrogen-bond acceptors (Lipinski definition) is 3. The van der Waals surface area contributed by atoms with Crippen molar-refractivity contribution >= 4 is 21.7 Å². The van der Waals surface area contributed by atoms with Crippen LogP contribution in [0.2, 0.25) is 0 Å². The molecular formula is C16H21BrO3. The van der Waals surface area contributed by atoms with Gasteiger partial charge in [0.1, 0.15) is 11.5 Å². The Bertz CT molecular complexity index is 505. The van der Waals surface area contributed by atoms with Crippen LogP contribution in [0, 0.1) is 5.41 Å². The molecule has 1 saturated carbocycles. The van der Waals surface area contributed by atoms with Crippen molar-refractivity contribution in [1.82, 2.24) is 0 Å². The Kier molecular flexibility index (Phi) is 4.74. The summed E-state index contributed by atoms with van der Waals surface area (Å²) >= 11 is 3.49. The van der Waals surface area contributed by atoms with Crippen molar-refractivity contribution < 1.29 is 14.3 Å². The van der Waals surface area contributed by atoms with E-state index in [1.54, 1.807) is 20.3 Å². The predicted molar refractivity (Wildman–Crippen MR) is 82.8 cm³/mol. The Labute approximate surface area is 128 Å². The average Bonchev–Trinajstić information content (AvgIpc) is 2.46. The van der Waals surface area contributed by atoms with E-state index in [0.717, 1.165) is 30.2 Å². The third-order valence-corrected chi connectivity index (χ3v) is 4.84. The maximum Gasteiger partial charge on any atom is 0.173 e. The third kappa shape index (κ3) is 2.85. The quantitative estimate of drug-likeness (QED) is 0.750. The summed E-state index contributed by atoms with van der Waals surface area (Å²) in [6, 6.07) is 3.59. The van der Waals surface area contributed by atoms with E-state index in [9.17, 15) is 4.79 Å². The lowest BCUT2D eigenvalue weighted by molar-refractivity contribution is 0.0745. The number of halogens is 1. The van der Waals surface area contributed by atoms with Gasteiger partial charge in [0, 0.05) is 16.0 Å². The first-order chi connectivity index (χ1) is 9.51. The standard InChI is InChI=1S/C16H21BrO3/c1-16(7-5-4-6-8-16)15(18)14-12(17)9-11(19-2)10-13(14)20-3/h9-10H,4-8H2,1-3H3. The lowest BCUT2D eigenvalue weighted by Gasteiger charge is -2.32. The molecule has 4 heteroatoms. The summed E-state index contributed by atoms with van der Waals surface area (Å²) < 4.78 is 11.4. The van der Waals surface area contributed by atoms with Crippen LogP contribution in [0.15, 0.2) is 16.6 Å². The lowest BCUT2D eigenvalue weighted by atomic mass is 9.71. The summed E-state index contributed by atoms with van der Waals surface area (Å²) in [4.78, 5) is 13.0. The van der Waals surface area contributed by atoms with E-state index in [2.05, 4.69) is 22.9 Å². The zero-order valence-corrected chi connectivity index (χ0v) is 13.9. The molecule has 0 atom stereocenters.